The summed E-state index contributed by atoms with van der Waals surface area (Å²) in [5.41, 5.74) is 0.882. The summed E-state index contributed by atoms with van der Waals surface area (Å²) in [6, 6.07) is 3.46. The van der Waals surface area contributed by atoms with E-state index in [-0.39, 0.29) is 12.1 Å². The second-order valence-corrected chi connectivity index (χ2v) is 4.88. The highest BCUT2D eigenvalue weighted by Crippen LogP contribution is 2.11. The van der Waals surface area contributed by atoms with E-state index in [9.17, 15) is 9.59 Å². The standard InChI is InChI=1S/C15H15N5O4/c1-2-12-11(7-17-15-18-9-19-20(12)15)14(22)24-8-13(21)16-6-10-4-3-5-23-10/h3-5,7,9H,2,6,8H2,1H3,(H,16,21). The van der Waals surface area contributed by atoms with Gasteiger partial charge in [-0.15, -0.1) is 0 Å². The summed E-state index contributed by atoms with van der Waals surface area (Å²) in [6.07, 6.45) is 4.79. The van der Waals surface area contributed by atoms with Crippen LogP contribution in [0.1, 0.15) is 28.7 Å². The van der Waals surface area contributed by atoms with Crippen molar-refractivity contribution in [1.29, 1.82) is 0 Å². The van der Waals surface area contributed by atoms with Crippen molar-refractivity contribution >= 4 is 17.7 Å². The smallest absolute Gasteiger partial charge is 0.342 e. The molecule has 1 N–H and O–H groups in total. The molecule has 3 aromatic heterocycles. The Kier molecular flexibility index (Phi) is 4.50. The second-order valence-electron chi connectivity index (χ2n) is 4.88. The Morgan fingerprint density at radius 2 is 2.25 bits per heavy atom. The second kappa shape index (κ2) is 6.90. The average molecular weight is 329 g/mol. The zero-order valence-electron chi connectivity index (χ0n) is 12.9. The number of hydrogen-bond donors (Lipinski definition) is 1. The summed E-state index contributed by atoms with van der Waals surface area (Å²) in [5.74, 6) is -0.0409. The number of carbonyl (C=O) groups is 2. The molecule has 0 radical (unpaired) electrons. The maximum Gasteiger partial charge on any atom is 0.342 e. The number of nitrogens with zero attached hydrogens (tertiary/aromatic N) is 4. The molecule has 0 aliphatic heterocycles. The summed E-state index contributed by atoms with van der Waals surface area (Å²) in [4.78, 5) is 31.9. The number of furan rings is 1. The fourth-order valence-corrected chi connectivity index (χ4v) is 2.19. The van der Waals surface area contributed by atoms with Gasteiger partial charge in [-0.1, -0.05) is 6.92 Å². The Morgan fingerprint density at radius 3 is 3.00 bits per heavy atom. The Hall–Kier alpha value is -3.23. The molecule has 9 heteroatoms. The summed E-state index contributed by atoms with van der Waals surface area (Å²) >= 11 is 0. The maximum atomic E-state index is 12.2. The number of aryl methyl sites for hydroxylation is 1. The SMILES string of the molecule is CCc1c(C(=O)OCC(=O)NCc2ccco2)cnc2ncnn12. The van der Waals surface area contributed by atoms with Crippen LogP contribution in [0.5, 0.6) is 0 Å². The predicted octanol–water partition coefficient (Wildman–Crippen LogP) is 0.753. The Labute approximate surface area is 136 Å². The summed E-state index contributed by atoms with van der Waals surface area (Å²) in [7, 11) is 0. The van der Waals surface area contributed by atoms with E-state index in [0.29, 0.717) is 23.7 Å². The number of fused-ring (bicyclic) bond motifs is 1. The van der Waals surface area contributed by atoms with E-state index in [4.69, 9.17) is 9.15 Å². The molecule has 0 bridgehead atoms. The molecule has 3 heterocycles. The normalized spacial score (nSPS) is 10.7. The molecule has 9 nitrogen and oxygen atoms in total. The van der Waals surface area contributed by atoms with Gasteiger partial charge in [0.05, 0.1) is 24.1 Å². The highest BCUT2D eigenvalue weighted by molar-refractivity contribution is 5.92. The molecule has 124 valence electrons. The lowest BCUT2D eigenvalue weighted by atomic mass is 10.2. The molecule has 0 fully saturated rings. The first-order chi connectivity index (χ1) is 11.7. The largest absolute Gasteiger partial charge is 0.467 e. The Morgan fingerprint density at radius 1 is 1.38 bits per heavy atom. The topological polar surface area (TPSA) is 112 Å². The highest BCUT2D eigenvalue weighted by Gasteiger charge is 2.18. The van der Waals surface area contributed by atoms with Crippen LogP contribution in [0.15, 0.2) is 35.3 Å². The van der Waals surface area contributed by atoms with Crippen molar-refractivity contribution < 1.29 is 18.7 Å². The van der Waals surface area contributed by atoms with Crippen LogP contribution < -0.4 is 5.32 Å². The van der Waals surface area contributed by atoms with Gasteiger partial charge < -0.3 is 14.5 Å². The van der Waals surface area contributed by atoms with Crippen LogP contribution in [0, 0.1) is 0 Å². The highest BCUT2D eigenvalue weighted by atomic mass is 16.5. The van der Waals surface area contributed by atoms with Crippen molar-refractivity contribution in [2.45, 2.75) is 19.9 Å². The van der Waals surface area contributed by atoms with Gasteiger partial charge in [-0.25, -0.2) is 14.3 Å². The van der Waals surface area contributed by atoms with Gasteiger partial charge in [0, 0.05) is 6.20 Å². The van der Waals surface area contributed by atoms with E-state index in [0.717, 1.165) is 0 Å². The van der Waals surface area contributed by atoms with Gasteiger partial charge in [-0.2, -0.15) is 10.1 Å². The number of rotatable bonds is 6. The molecule has 0 unspecified atom stereocenters. The molecule has 0 aromatic carbocycles. The van der Waals surface area contributed by atoms with Crippen LogP contribution >= 0.6 is 0 Å². The van der Waals surface area contributed by atoms with E-state index < -0.39 is 18.5 Å². The fourth-order valence-electron chi connectivity index (χ4n) is 2.19. The Bertz CT molecular complexity index is 856. The number of nitrogens with one attached hydrogen (secondary N) is 1. The molecule has 0 saturated heterocycles. The van der Waals surface area contributed by atoms with Crippen molar-refractivity contribution in [3.63, 3.8) is 0 Å². The molecule has 0 aliphatic rings. The summed E-state index contributed by atoms with van der Waals surface area (Å²) in [6.45, 7) is 1.72. The zero-order chi connectivity index (χ0) is 16.9. The number of carbonyl (C=O) groups excluding carboxylic acids is 2. The van der Waals surface area contributed by atoms with Crippen molar-refractivity contribution in [3.8, 4) is 0 Å². The minimum Gasteiger partial charge on any atom is -0.467 e. The summed E-state index contributed by atoms with van der Waals surface area (Å²) < 4.78 is 11.6. The van der Waals surface area contributed by atoms with Crippen LogP contribution in [-0.2, 0) is 22.5 Å². The first-order valence-electron chi connectivity index (χ1n) is 7.33. The van der Waals surface area contributed by atoms with Gasteiger partial charge in [0.2, 0.25) is 0 Å². The van der Waals surface area contributed by atoms with Gasteiger partial charge >= 0.3 is 5.97 Å². The van der Waals surface area contributed by atoms with Gasteiger partial charge in [-0.3, -0.25) is 4.79 Å². The summed E-state index contributed by atoms with van der Waals surface area (Å²) in [5, 5.41) is 6.62. The molecule has 3 aromatic rings. The molecule has 1 amide bonds. The first-order valence-corrected chi connectivity index (χ1v) is 7.33. The molecule has 0 aliphatic carbocycles. The molecule has 3 rings (SSSR count). The third kappa shape index (κ3) is 3.24. The maximum absolute atomic E-state index is 12.2. The van der Waals surface area contributed by atoms with Crippen LogP contribution in [0.3, 0.4) is 0 Å². The third-order valence-corrected chi connectivity index (χ3v) is 3.33. The van der Waals surface area contributed by atoms with Crippen LogP contribution in [-0.4, -0.2) is 38.1 Å². The minimum atomic E-state index is -0.634. The van der Waals surface area contributed by atoms with E-state index >= 15 is 0 Å². The number of esters is 1. The lowest BCUT2D eigenvalue weighted by Crippen LogP contribution is -2.28. The molecule has 0 saturated carbocycles. The number of aromatic nitrogens is 4. The van der Waals surface area contributed by atoms with Crippen LogP contribution in [0.4, 0.5) is 0 Å². The molecule has 0 atom stereocenters. The van der Waals surface area contributed by atoms with Gasteiger partial charge in [-0.05, 0) is 18.6 Å². The van der Waals surface area contributed by atoms with Gasteiger partial charge in [0.15, 0.2) is 6.61 Å². The van der Waals surface area contributed by atoms with E-state index in [1.165, 1.54) is 23.3 Å². The minimum absolute atomic E-state index is 0.232. The van der Waals surface area contributed by atoms with Crippen molar-refractivity contribution in [2.24, 2.45) is 0 Å². The fraction of sp³-hybridized carbons (Fsp3) is 0.267. The van der Waals surface area contributed by atoms with Crippen molar-refractivity contribution in [3.05, 3.63) is 47.9 Å². The van der Waals surface area contributed by atoms with E-state index in [1.54, 1.807) is 12.1 Å². The lowest BCUT2D eigenvalue weighted by Gasteiger charge is -2.09. The predicted molar refractivity (Wildman–Crippen MR) is 81.0 cm³/mol. The molecular formula is C15H15N5O4. The van der Waals surface area contributed by atoms with Crippen molar-refractivity contribution in [2.75, 3.05) is 6.61 Å². The van der Waals surface area contributed by atoms with Gasteiger partial charge in [0.25, 0.3) is 11.7 Å². The number of amides is 1. The van der Waals surface area contributed by atoms with E-state index in [2.05, 4.69) is 20.4 Å². The molecule has 0 spiro atoms. The Balaban J connectivity index is 1.61. The monoisotopic (exact) mass is 329 g/mol. The van der Waals surface area contributed by atoms with Crippen LogP contribution in [0.25, 0.3) is 5.78 Å². The third-order valence-electron chi connectivity index (χ3n) is 3.33. The van der Waals surface area contributed by atoms with Crippen molar-refractivity contribution in [1.82, 2.24) is 24.9 Å². The van der Waals surface area contributed by atoms with E-state index in [1.807, 2.05) is 6.92 Å². The zero-order valence-corrected chi connectivity index (χ0v) is 12.9. The van der Waals surface area contributed by atoms with Gasteiger partial charge in [0.1, 0.15) is 12.1 Å². The quantitative estimate of drug-likeness (QED) is 0.664. The molecular weight excluding hydrogens is 314 g/mol. The average Bonchev–Trinajstić information content (AvgIpc) is 3.27. The first kappa shape index (κ1) is 15.7. The van der Waals surface area contributed by atoms with Crippen LogP contribution in [0.2, 0.25) is 0 Å². The number of hydrogen-bond acceptors (Lipinski definition) is 7. The molecule has 24 heavy (non-hydrogen) atoms. The number of ether oxygens (including phenoxy) is 1. The lowest BCUT2D eigenvalue weighted by molar-refractivity contribution is -0.124.